The van der Waals surface area contributed by atoms with Crippen LogP contribution in [0.4, 0.5) is 5.82 Å². The Balaban J connectivity index is 1.82. The van der Waals surface area contributed by atoms with E-state index in [2.05, 4.69) is 5.16 Å². The van der Waals surface area contributed by atoms with E-state index in [-0.39, 0.29) is 10.3 Å². The van der Waals surface area contributed by atoms with Crippen LogP contribution in [0.2, 0.25) is 0 Å². The van der Waals surface area contributed by atoms with Gasteiger partial charge in [0.25, 0.3) is 5.82 Å². The summed E-state index contributed by atoms with van der Waals surface area (Å²) in [5.41, 5.74) is 0.779. The molecule has 0 saturated heterocycles. The van der Waals surface area contributed by atoms with Crippen LogP contribution in [0.5, 0.6) is 0 Å². The number of hydrogen-bond donors (Lipinski definition) is 0. The van der Waals surface area contributed by atoms with E-state index in [9.17, 15) is 5.21 Å². The highest BCUT2D eigenvalue weighted by atomic mass is 35.5. The largest absolute Gasteiger partial charge is 0.391 e. The quantitative estimate of drug-likeness (QED) is 0.620. The summed E-state index contributed by atoms with van der Waals surface area (Å²) < 4.78 is 4.91. The minimum absolute atomic E-state index is 0.0510. The number of anilines is 1. The molecule has 4 fully saturated rings. The van der Waals surface area contributed by atoms with Crippen molar-refractivity contribution in [3.05, 3.63) is 10.9 Å². The fraction of sp³-hybridized carbons (Fsp3) is 0.857. The molecule has 1 heterocycles. The zero-order chi connectivity index (χ0) is 14.1. The summed E-state index contributed by atoms with van der Waals surface area (Å²) in [6.07, 6.45) is 6.68. The highest BCUT2D eigenvalue weighted by Gasteiger charge is 2.60. The molecule has 0 aromatic carbocycles. The normalized spacial score (nSPS) is 42.1. The first-order valence-corrected chi connectivity index (χ1v) is 7.75. The van der Waals surface area contributed by atoms with Crippen LogP contribution in [0, 0.1) is 17.0 Å². The van der Waals surface area contributed by atoms with Crippen LogP contribution in [0.1, 0.15) is 44.2 Å². The number of nitrogens with zero attached hydrogens (tertiary/aromatic N) is 3. The van der Waals surface area contributed by atoms with Gasteiger partial charge in [-0.15, -0.1) is 11.6 Å². The number of hydrogen-bond acceptors (Lipinski definition) is 4. The smallest absolute Gasteiger partial charge is 0.300 e. The van der Waals surface area contributed by atoms with Crippen LogP contribution in [-0.4, -0.2) is 24.1 Å². The van der Waals surface area contributed by atoms with Crippen LogP contribution in [-0.2, 0) is 5.41 Å². The number of halogens is 1. The minimum Gasteiger partial charge on any atom is -0.391 e. The summed E-state index contributed by atoms with van der Waals surface area (Å²) in [6, 6.07) is 0. The lowest BCUT2D eigenvalue weighted by Crippen LogP contribution is -2.55. The lowest BCUT2D eigenvalue weighted by molar-refractivity contribution is -0.792. The number of rotatable bonds is 2. The molecule has 2 atom stereocenters. The molecule has 4 aliphatic rings. The lowest BCUT2D eigenvalue weighted by atomic mass is 9.48. The second-order valence-corrected chi connectivity index (χ2v) is 8.19. The summed E-state index contributed by atoms with van der Waals surface area (Å²) in [5, 5.41) is 16.0. The third-order valence-electron chi connectivity index (χ3n) is 5.51. The van der Waals surface area contributed by atoms with Crippen LogP contribution in [0.3, 0.4) is 0 Å². The van der Waals surface area contributed by atoms with Crippen molar-refractivity contribution in [1.29, 1.82) is 0 Å². The molecule has 0 spiro atoms. The molecule has 20 heavy (non-hydrogen) atoms. The van der Waals surface area contributed by atoms with Gasteiger partial charge in [-0.05, 0) is 55.5 Å². The summed E-state index contributed by atoms with van der Waals surface area (Å²) in [4.78, 5) is 2.26. The minimum atomic E-state index is -0.0830. The molecular formula is C14H20ClN3O2. The Kier molecular flexibility index (Phi) is 2.43. The van der Waals surface area contributed by atoms with E-state index in [0.29, 0.717) is 22.6 Å². The molecule has 4 saturated carbocycles. The first-order valence-electron chi connectivity index (χ1n) is 7.37. The van der Waals surface area contributed by atoms with Gasteiger partial charge in [0.2, 0.25) is 5.69 Å². The SMILES string of the molecule is CN(C)c1c(C23CC4CC(CC(Cl)(C4)C2)C3)no[n+]1[O-]. The van der Waals surface area contributed by atoms with E-state index in [4.69, 9.17) is 16.2 Å². The van der Waals surface area contributed by atoms with Crippen molar-refractivity contribution >= 4 is 17.4 Å². The fourth-order valence-corrected chi connectivity index (χ4v) is 6.07. The predicted octanol–water partition coefficient (Wildman–Crippen LogP) is 2.20. The number of aromatic nitrogens is 2. The molecule has 6 heteroatoms. The topological polar surface area (TPSA) is 56.2 Å². The van der Waals surface area contributed by atoms with Gasteiger partial charge in [-0.2, -0.15) is 0 Å². The van der Waals surface area contributed by atoms with Gasteiger partial charge in [-0.3, -0.25) is 4.90 Å². The Morgan fingerprint density at radius 3 is 2.50 bits per heavy atom. The molecule has 5 rings (SSSR count). The van der Waals surface area contributed by atoms with Crippen molar-refractivity contribution in [2.45, 2.75) is 48.8 Å². The Morgan fingerprint density at radius 2 is 1.95 bits per heavy atom. The van der Waals surface area contributed by atoms with E-state index in [0.717, 1.165) is 37.8 Å². The van der Waals surface area contributed by atoms with Crippen molar-refractivity contribution in [3.63, 3.8) is 0 Å². The van der Waals surface area contributed by atoms with E-state index in [1.165, 1.54) is 6.42 Å². The second-order valence-electron chi connectivity index (χ2n) is 7.39. The maximum atomic E-state index is 11.9. The van der Waals surface area contributed by atoms with E-state index < -0.39 is 0 Å². The summed E-state index contributed by atoms with van der Waals surface area (Å²) in [6.45, 7) is 0. The Hall–Kier alpha value is -0.970. The summed E-state index contributed by atoms with van der Waals surface area (Å²) >= 11 is 6.85. The molecule has 4 bridgehead atoms. The van der Waals surface area contributed by atoms with Gasteiger partial charge in [-0.25, -0.2) is 0 Å². The average molecular weight is 298 g/mol. The molecule has 4 aliphatic carbocycles. The molecule has 0 aliphatic heterocycles. The van der Waals surface area contributed by atoms with Crippen LogP contribution in [0.15, 0.2) is 4.63 Å². The molecule has 0 N–H and O–H groups in total. The van der Waals surface area contributed by atoms with Crippen molar-refractivity contribution in [1.82, 2.24) is 5.16 Å². The molecule has 0 radical (unpaired) electrons. The molecule has 2 unspecified atom stereocenters. The zero-order valence-corrected chi connectivity index (χ0v) is 12.7. The van der Waals surface area contributed by atoms with Crippen LogP contribution in [0.25, 0.3) is 0 Å². The highest BCUT2D eigenvalue weighted by molar-refractivity contribution is 6.24. The fourth-order valence-electron chi connectivity index (χ4n) is 5.38. The average Bonchev–Trinajstić information content (AvgIpc) is 2.68. The Bertz CT molecular complexity index is 543. The maximum Gasteiger partial charge on any atom is 0.300 e. The first-order chi connectivity index (χ1) is 9.41. The lowest BCUT2D eigenvalue weighted by Gasteiger charge is -2.58. The highest BCUT2D eigenvalue weighted by Crippen LogP contribution is 2.64. The van der Waals surface area contributed by atoms with Crippen molar-refractivity contribution in [2.24, 2.45) is 11.8 Å². The van der Waals surface area contributed by atoms with Crippen molar-refractivity contribution in [3.8, 4) is 0 Å². The van der Waals surface area contributed by atoms with Gasteiger partial charge >= 0.3 is 0 Å². The molecule has 110 valence electrons. The predicted molar refractivity (Wildman–Crippen MR) is 74.7 cm³/mol. The third kappa shape index (κ3) is 1.62. The van der Waals surface area contributed by atoms with Gasteiger partial charge in [-0.1, -0.05) is 4.90 Å². The summed E-state index contributed by atoms with van der Waals surface area (Å²) in [5.74, 6) is 1.91. The van der Waals surface area contributed by atoms with Gasteiger partial charge in [0.15, 0.2) is 0 Å². The second kappa shape index (κ2) is 3.81. The molecule has 1 aromatic heterocycles. The molecule has 1 aromatic rings. The van der Waals surface area contributed by atoms with Crippen molar-refractivity contribution in [2.75, 3.05) is 19.0 Å². The van der Waals surface area contributed by atoms with E-state index >= 15 is 0 Å². The summed E-state index contributed by atoms with van der Waals surface area (Å²) in [7, 11) is 3.73. The van der Waals surface area contributed by atoms with E-state index in [1.54, 1.807) is 4.90 Å². The zero-order valence-electron chi connectivity index (χ0n) is 11.9. The van der Waals surface area contributed by atoms with Gasteiger partial charge in [0.1, 0.15) is 0 Å². The van der Waals surface area contributed by atoms with Gasteiger partial charge < -0.3 is 9.84 Å². The Labute approximate surface area is 123 Å². The molecule has 0 amide bonds. The molecule has 5 nitrogen and oxygen atoms in total. The van der Waals surface area contributed by atoms with Gasteiger partial charge in [0.05, 0.1) is 14.1 Å². The van der Waals surface area contributed by atoms with Crippen molar-refractivity contribution < 1.29 is 9.53 Å². The number of alkyl halides is 1. The third-order valence-corrected chi connectivity index (χ3v) is 5.95. The monoisotopic (exact) mass is 297 g/mol. The van der Waals surface area contributed by atoms with E-state index in [1.807, 2.05) is 14.1 Å². The molecular weight excluding hydrogens is 278 g/mol. The van der Waals surface area contributed by atoms with Crippen LogP contribution >= 0.6 is 11.6 Å². The maximum absolute atomic E-state index is 11.9. The Morgan fingerprint density at radius 1 is 1.30 bits per heavy atom. The van der Waals surface area contributed by atoms with Gasteiger partial charge in [0, 0.05) is 10.3 Å². The standard InChI is InChI=1S/C14H20ClN3O2/c1-17(2)12-11(16-20-18(12)19)13-4-9-3-10(5-13)7-14(15,6-9)8-13/h9-10H,3-8H2,1-2H3. The van der Waals surface area contributed by atoms with Crippen LogP contribution < -0.4 is 9.80 Å². The first kappa shape index (κ1) is 12.7.